The third-order valence-electron chi connectivity index (χ3n) is 2.95. The lowest BCUT2D eigenvalue weighted by molar-refractivity contribution is 0.0306. The summed E-state index contributed by atoms with van der Waals surface area (Å²) in [5.74, 6) is 0.438. The van der Waals surface area contributed by atoms with Gasteiger partial charge in [-0.25, -0.2) is 8.42 Å². The van der Waals surface area contributed by atoms with Crippen molar-refractivity contribution in [1.82, 2.24) is 5.32 Å². The van der Waals surface area contributed by atoms with Crippen molar-refractivity contribution < 1.29 is 13.5 Å². The van der Waals surface area contributed by atoms with Crippen LogP contribution in [0.1, 0.15) is 26.7 Å². The van der Waals surface area contributed by atoms with E-state index in [0.717, 1.165) is 0 Å². The van der Waals surface area contributed by atoms with Crippen LogP contribution >= 0.6 is 0 Å². The second-order valence-electron chi connectivity index (χ2n) is 4.09. The molecule has 1 saturated heterocycles. The molecular weight excluding hydrogens is 202 g/mol. The molecule has 1 aliphatic heterocycles. The highest BCUT2D eigenvalue weighted by Crippen LogP contribution is 2.15. The fourth-order valence-electron chi connectivity index (χ4n) is 1.52. The summed E-state index contributed by atoms with van der Waals surface area (Å²) in [6.07, 6.45) is 1.38. The van der Waals surface area contributed by atoms with Crippen LogP contribution in [0.3, 0.4) is 0 Å². The average molecular weight is 221 g/mol. The summed E-state index contributed by atoms with van der Waals surface area (Å²) in [6.45, 7) is 4.35. The molecule has 1 rings (SSSR count). The minimum Gasteiger partial charge on any atom is -0.389 e. The summed E-state index contributed by atoms with van der Waals surface area (Å²) in [5, 5.41) is 13.0. The van der Waals surface area contributed by atoms with Gasteiger partial charge in [0.05, 0.1) is 17.1 Å². The number of sulfone groups is 1. The normalized spacial score (nSPS) is 21.9. The highest BCUT2D eigenvalue weighted by atomic mass is 32.2. The molecule has 0 bridgehead atoms. The van der Waals surface area contributed by atoms with Crippen molar-refractivity contribution in [1.29, 1.82) is 0 Å². The second-order valence-corrected chi connectivity index (χ2v) is 6.24. The van der Waals surface area contributed by atoms with E-state index in [0.29, 0.717) is 19.4 Å². The standard InChI is InChI=1S/C9H19NO3S/c1-3-9(11,4-2)7-10-8-5-14(12,13)6-8/h8,10-11H,3-7H2,1-2H3. The van der Waals surface area contributed by atoms with E-state index in [4.69, 9.17) is 0 Å². The minimum absolute atomic E-state index is 0.0459. The Morgan fingerprint density at radius 3 is 2.21 bits per heavy atom. The van der Waals surface area contributed by atoms with Crippen LogP contribution in [0.4, 0.5) is 0 Å². The Labute approximate surface area is 85.6 Å². The van der Waals surface area contributed by atoms with Crippen molar-refractivity contribution in [3.8, 4) is 0 Å². The Bertz CT molecular complexity index is 270. The molecule has 0 amide bonds. The zero-order valence-electron chi connectivity index (χ0n) is 8.78. The molecule has 0 aromatic heterocycles. The molecule has 0 aromatic carbocycles. The molecule has 2 N–H and O–H groups in total. The van der Waals surface area contributed by atoms with Crippen molar-refractivity contribution in [2.75, 3.05) is 18.1 Å². The Balaban J connectivity index is 2.28. The monoisotopic (exact) mass is 221 g/mol. The Hall–Kier alpha value is -0.130. The van der Waals surface area contributed by atoms with Gasteiger partial charge in [-0.05, 0) is 12.8 Å². The zero-order chi connectivity index (χ0) is 10.8. The Kier molecular flexibility index (Phi) is 3.55. The molecule has 0 unspecified atom stereocenters. The van der Waals surface area contributed by atoms with Gasteiger partial charge in [-0.3, -0.25) is 0 Å². The van der Waals surface area contributed by atoms with E-state index in [9.17, 15) is 13.5 Å². The molecule has 0 atom stereocenters. The van der Waals surface area contributed by atoms with Crippen LogP contribution in [0.25, 0.3) is 0 Å². The van der Waals surface area contributed by atoms with Gasteiger partial charge in [-0.15, -0.1) is 0 Å². The van der Waals surface area contributed by atoms with Crippen LogP contribution in [0.5, 0.6) is 0 Å². The van der Waals surface area contributed by atoms with Crippen molar-refractivity contribution in [3.05, 3.63) is 0 Å². The van der Waals surface area contributed by atoms with Crippen LogP contribution in [-0.4, -0.2) is 43.2 Å². The minimum atomic E-state index is -2.76. The number of rotatable bonds is 5. The molecule has 1 aliphatic rings. The quantitative estimate of drug-likeness (QED) is 0.681. The molecule has 0 radical (unpaired) electrons. The third-order valence-corrected chi connectivity index (χ3v) is 4.77. The highest BCUT2D eigenvalue weighted by Gasteiger charge is 2.34. The van der Waals surface area contributed by atoms with Crippen molar-refractivity contribution in [2.24, 2.45) is 0 Å². The lowest BCUT2D eigenvalue weighted by atomic mass is 9.97. The van der Waals surface area contributed by atoms with Crippen molar-refractivity contribution in [2.45, 2.75) is 38.3 Å². The first kappa shape index (κ1) is 11.9. The fourth-order valence-corrected chi connectivity index (χ4v) is 2.88. The largest absolute Gasteiger partial charge is 0.389 e. The van der Waals surface area contributed by atoms with Gasteiger partial charge in [0, 0.05) is 12.6 Å². The number of nitrogens with one attached hydrogen (secondary N) is 1. The molecule has 0 saturated carbocycles. The molecule has 0 aliphatic carbocycles. The number of hydrogen-bond acceptors (Lipinski definition) is 4. The maximum atomic E-state index is 10.9. The SMILES string of the molecule is CCC(O)(CC)CNC1CS(=O)(=O)C1. The first-order chi connectivity index (χ1) is 6.41. The van der Waals surface area contributed by atoms with Crippen molar-refractivity contribution in [3.63, 3.8) is 0 Å². The van der Waals surface area contributed by atoms with Gasteiger partial charge >= 0.3 is 0 Å². The summed E-state index contributed by atoms with van der Waals surface area (Å²) in [6, 6.07) is 0.0459. The molecule has 84 valence electrons. The molecule has 14 heavy (non-hydrogen) atoms. The van der Waals surface area contributed by atoms with Gasteiger partial charge in [-0.1, -0.05) is 13.8 Å². The third kappa shape index (κ3) is 2.93. The fraction of sp³-hybridized carbons (Fsp3) is 1.00. The molecule has 0 aromatic rings. The van der Waals surface area contributed by atoms with E-state index in [1.165, 1.54) is 0 Å². The van der Waals surface area contributed by atoms with E-state index in [1.54, 1.807) is 0 Å². The van der Waals surface area contributed by atoms with Crippen LogP contribution in [-0.2, 0) is 9.84 Å². The summed E-state index contributed by atoms with van der Waals surface area (Å²) in [4.78, 5) is 0. The predicted molar refractivity (Wildman–Crippen MR) is 56.0 cm³/mol. The first-order valence-electron chi connectivity index (χ1n) is 5.07. The molecule has 5 heteroatoms. The maximum Gasteiger partial charge on any atom is 0.153 e. The number of hydrogen-bond donors (Lipinski definition) is 2. The van der Waals surface area contributed by atoms with Gasteiger partial charge in [0.25, 0.3) is 0 Å². The maximum absolute atomic E-state index is 10.9. The van der Waals surface area contributed by atoms with Crippen molar-refractivity contribution >= 4 is 9.84 Å². The number of aliphatic hydroxyl groups is 1. The highest BCUT2D eigenvalue weighted by molar-refractivity contribution is 7.92. The van der Waals surface area contributed by atoms with Gasteiger partial charge in [0.2, 0.25) is 0 Å². The smallest absolute Gasteiger partial charge is 0.153 e. The topological polar surface area (TPSA) is 66.4 Å². The lowest BCUT2D eigenvalue weighted by Gasteiger charge is -2.32. The zero-order valence-corrected chi connectivity index (χ0v) is 9.60. The van der Waals surface area contributed by atoms with E-state index >= 15 is 0 Å². The summed E-state index contributed by atoms with van der Waals surface area (Å²) in [5.41, 5.74) is -0.681. The first-order valence-corrected chi connectivity index (χ1v) is 6.89. The van der Waals surface area contributed by atoms with E-state index in [1.807, 2.05) is 13.8 Å². The summed E-state index contributed by atoms with van der Waals surface area (Å²) < 4.78 is 21.7. The Morgan fingerprint density at radius 1 is 1.36 bits per heavy atom. The molecule has 4 nitrogen and oxygen atoms in total. The van der Waals surface area contributed by atoms with Gasteiger partial charge in [0.1, 0.15) is 0 Å². The van der Waals surface area contributed by atoms with Crippen LogP contribution in [0, 0.1) is 0 Å². The van der Waals surface area contributed by atoms with Gasteiger partial charge in [0.15, 0.2) is 9.84 Å². The van der Waals surface area contributed by atoms with E-state index in [2.05, 4.69) is 5.32 Å². The van der Waals surface area contributed by atoms with Gasteiger partial charge in [-0.2, -0.15) is 0 Å². The summed E-state index contributed by atoms with van der Waals surface area (Å²) >= 11 is 0. The van der Waals surface area contributed by atoms with Crippen LogP contribution < -0.4 is 5.32 Å². The molecular formula is C9H19NO3S. The average Bonchev–Trinajstić information content (AvgIpc) is 2.11. The van der Waals surface area contributed by atoms with Crippen LogP contribution in [0.2, 0.25) is 0 Å². The molecule has 0 spiro atoms. The van der Waals surface area contributed by atoms with Crippen LogP contribution in [0.15, 0.2) is 0 Å². The van der Waals surface area contributed by atoms with E-state index < -0.39 is 15.4 Å². The molecule has 1 fully saturated rings. The summed E-state index contributed by atoms with van der Waals surface area (Å²) in [7, 11) is -2.76. The van der Waals surface area contributed by atoms with E-state index in [-0.39, 0.29) is 17.5 Å². The Morgan fingerprint density at radius 2 is 1.86 bits per heavy atom. The predicted octanol–water partition coefficient (Wildman–Crippen LogP) is -0.0759. The second kappa shape index (κ2) is 4.16. The molecule has 1 heterocycles. The lowest BCUT2D eigenvalue weighted by Crippen LogP contribution is -2.55. The van der Waals surface area contributed by atoms with Gasteiger partial charge < -0.3 is 10.4 Å².